The van der Waals surface area contributed by atoms with Crippen LogP contribution >= 0.6 is 0 Å². The van der Waals surface area contributed by atoms with E-state index >= 15 is 0 Å². The van der Waals surface area contributed by atoms with E-state index in [-0.39, 0.29) is 30.8 Å². The van der Waals surface area contributed by atoms with Crippen LogP contribution in [-0.2, 0) is 0 Å². The molecule has 0 spiro atoms. The molecule has 0 fully saturated rings. The topological polar surface area (TPSA) is 55.2 Å². The summed E-state index contributed by atoms with van der Waals surface area (Å²) in [7, 11) is 0. The summed E-state index contributed by atoms with van der Waals surface area (Å²) in [6.07, 6.45) is -4.88. The first-order valence-corrected chi connectivity index (χ1v) is 5.54. The average molecular weight is 280 g/mol. The van der Waals surface area contributed by atoms with Crippen molar-refractivity contribution >= 4 is 11.4 Å². The van der Waals surface area contributed by atoms with Gasteiger partial charge in [-0.25, -0.2) is 4.39 Å². The summed E-state index contributed by atoms with van der Waals surface area (Å²) >= 11 is 0. The monoisotopic (exact) mass is 280 g/mol. The molecule has 0 aromatic heterocycles. The quantitative estimate of drug-likeness (QED) is 0.372. The van der Waals surface area contributed by atoms with Crippen molar-refractivity contribution < 1.29 is 22.5 Å². The maximum atomic E-state index is 13.4. The molecule has 0 amide bonds. The van der Waals surface area contributed by atoms with Gasteiger partial charge < -0.3 is 5.32 Å². The van der Waals surface area contributed by atoms with E-state index in [2.05, 4.69) is 5.32 Å². The number of nitro groups is 1. The Balaban J connectivity index is 2.40. The Hall–Kier alpha value is -1.86. The molecule has 1 N–H and O–H groups in total. The van der Waals surface area contributed by atoms with Crippen molar-refractivity contribution in [3.8, 4) is 0 Å². The van der Waals surface area contributed by atoms with Crippen molar-refractivity contribution in [1.82, 2.24) is 0 Å². The highest BCUT2D eigenvalue weighted by atomic mass is 19.4. The normalized spacial score (nSPS) is 11.4. The molecule has 0 saturated heterocycles. The van der Waals surface area contributed by atoms with Gasteiger partial charge in [0.2, 0.25) is 0 Å². The van der Waals surface area contributed by atoms with Gasteiger partial charge in [0, 0.05) is 19.0 Å². The van der Waals surface area contributed by atoms with Gasteiger partial charge >= 0.3 is 6.18 Å². The minimum atomic E-state index is -4.18. The minimum Gasteiger partial charge on any atom is -0.383 e. The van der Waals surface area contributed by atoms with Gasteiger partial charge in [0.25, 0.3) is 5.69 Å². The molecule has 0 unspecified atom stereocenters. The zero-order chi connectivity index (χ0) is 14.5. The molecule has 8 heteroatoms. The fraction of sp³-hybridized carbons (Fsp3) is 0.455. The van der Waals surface area contributed by atoms with Crippen molar-refractivity contribution in [2.24, 2.45) is 0 Å². The Bertz CT molecular complexity index is 449. The number of benzene rings is 1. The maximum Gasteiger partial charge on any atom is 0.389 e. The largest absolute Gasteiger partial charge is 0.389 e. The number of unbranched alkanes of at least 4 members (excludes halogenated alkanes) is 1. The van der Waals surface area contributed by atoms with Crippen molar-refractivity contribution in [3.05, 3.63) is 34.1 Å². The number of non-ortho nitro benzene ring substituents is 1. The number of anilines is 1. The van der Waals surface area contributed by atoms with Gasteiger partial charge in [0.15, 0.2) is 5.82 Å². The molecule has 4 nitrogen and oxygen atoms in total. The van der Waals surface area contributed by atoms with Crippen LogP contribution in [0.4, 0.5) is 28.9 Å². The molecule has 0 atom stereocenters. The van der Waals surface area contributed by atoms with E-state index in [4.69, 9.17) is 0 Å². The molecule has 19 heavy (non-hydrogen) atoms. The van der Waals surface area contributed by atoms with E-state index in [1.54, 1.807) is 0 Å². The Morgan fingerprint density at radius 2 is 1.95 bits per heavy atom. The molecule has 0 saturated carbocycles. The molecule has 0 bridgehead atoms. The second kappa shape index (κ2) is 6.35. The summed E-state index contributed by atoms with van der Waals surface area (Å²) < 4.78 is 48.9. The lowest BCUT2D eigenvalue weighted by Gasteiger charge is -2.08. The predicted octanol–water partition coefficient (Wildman–Crippen LogP) is 3.88. The highest BCUT2D eigenvalue weighted by molar-refractivity contribution is 5.49. The Morgan fingerprint density at radius 1 is 1.26 bits per heavy atom. The van der Waals surface area contributed by atoms with Gasteiger partial charge in [0.1, 0.15) is 0 Å². The van der Waals surface area contributed by atoms with E-state index in [0.717, 1.165) is 12.1 Å². The lowest BCUT2D eigenvalue weighted by atomic mass is 10.2. The number of alkyl halides is 3. The molecule has 0 radical (unpaired) electrons. The van der Waals surface area contributed by atoms with Crippen LogP contribution in [0.25, 0.3) is 0 Å². The van der Waals surface area contributed by atoms with E-state index < -0.39 is 23.3 Å². The fourth-order valence-corrected chi connectivity index (χ4v) is 1.43. The Morgan fingerprint density at radius 3 is 2.47 bits per heavy atom. The van der Waals surface area contributed by atoms with Crippen molar-refractivity contribution in [3.63, 3.8) is 0 Å². The molecular formula is C11H12F4N2O2. The third-order valence-corrected chi connectivity index (χ3v) is 2.37. The van der Waals surface area contributed by atoms with Gasteiger partial charge in [-0.15, -0.1) is 0 Å². The summed E-state index contributed by atoms with van der Waals surface area (Å²) in [5.41, 5.74) is -0.335. The zero-order valence-corrected chi connectivity index (χ0v) is 9.84. The van der Waals surface area contributed by atoms with Crippen LogP contribution in [0, 0.1) is 15.9 Å². The first-order chi connectivity index (χ1) is 8.79. The molecule has 0 aliphatic heterocycles. The summed E-state index contributed by atoms with van der Waals surface area (Å²) in [4.78, 5) is 9.64. The number of nitro benzene ring substituents is 1. The Labute approximate surface area is 106 Å². The van der Waals surface area contributed by atoms with Crippen molar-refractivity contribution in [1.29, 1.82) is 0 Å². The number of hydrogen-bond donors (Lipinski definition) is 1. The second-order valence-corrected chi connectivity index (χ2v) is 3.92. The van der Waals surface area contributed by atoms with Crippen LogP contribution in [0.2, 0.25) is 0 Å². The van der Waals surface area contributed by atoms with Crippen molar-refractivity contribution in [2.45, 2.75) is 25.4 Å². The lowest BCUT2D eigenvalue weighted by molar-refractivity contribution is -0.385. The molecule has 1 aromatic rings. The van der Waals surface area contributed by atoms with E-state index in [0.29, 0.717) is 0 Å². The number of nitrogens with one attached hydrogen (secondary N) is 1. The maximum absolute atomic E-state index is 13.4. The van der Waals surface area contributed by atoms with Gasteiger partial charge in [-0.2, -0.15) is 13.2 Å². The predicted molar refractivity (Wildman–Crippen MR) is 61.5 cm³/mol. The van der Waals surface area contributed by atoms with Crippen LogP contribution in [0.1, 0.15) is 19.3 Å². The van der Waals surface area contributed by atoms with Crippen LogP contribution < -0.4 is 5.32 Å². The van der Waals surface area contributed by atoms with Crippen LogP contribution in [0.5, 0.6) is 0 Å². The van der Waals surface area contributed by atoms with Crippen LogP contribution in [0.3, 0.4) is 0 Å². The van der Waals surface area contributed by atoms with E-state index in [1.807, 2.05) is 0 Å². The summed E-state index contributed by atoms with van der Waals surface area (Å²) in [6.45, 7) is 0.171. The van der Waals surface area contributed by atoms with Gasteiger partial charge in [0.05, 0.1) is 16.7 Å². The number of hydrogen-bond acceptors (Lipinski definition) is 3. The molecule has 0 aliphatic rings. The lowest BCUT2D eigenvalue weighted by Crippen LogP contribution is -2.09. The second-order valence-electron chi connectivity index (χ2n) is 3.92. The van der Waals surface area contributed by atoms with Gasteiger partial charge in [-0.1, -0.05) is 0 Å². The summed E-state index contributed by atoms with van der Waals surface area (Å²) in [5.74, 6) is -0.801. The third kappa shape index (κ3) is 5.54. The summed E-state index contributed by atoms with van der Waals surface area (Å²) in [6, 6.07) is 3.08. The first kappa shape index (κ1) is 15.2. The third-order valence-electron chi connectivity index (χ3n) is 2.37. The number of rotatable bonds is 6. The first-order valence-electron chi connectivity index (χ1n) is 5.54. The van der Waals surface area contributed by atoms with Crippen LogP contribution in [0.15, 0.2) is 18.2 Å². The Kier molecular flexibility index (Phi) is 5.08. The van der Waals surface area contributed by atoms with E-state index in [1.165, 1.54) is 6.07 Å². The highest BCUT2D eigenvalue weighted by Crippen LogP contribution is 2.23. The molecule has 0 heterocycles. The molecule has 0 aliphatic carbocycles. The smallest absolute Gasteiger partial charge is 0.383 e. The number of nitrogens with zero attached hydrogens (tertiary/aromatic N) is 1. The molecule has 1 aromatic carbocycles. The van der Waals surface area contributed by atoms with Crippen LogP contribution in [-0.4, -0.2) is 17.6 Å². The summed E-state index contributed by atoms with van der Waals surface area (Å²) in [5, 5.41) is 13.0. The van der Waals surface area contributed by atoms with E-state index in [9.17, 15) is 27.7 Å². The molecule has 106 valence electrons. The number of halogens is 4. The molecular weight excluding hydrogens is 268 g/mol. The highest BCUT2D eigenvalue weighted by Gasteiger charge is 2.25. The van der Waals surface area contributed by atoms with Gasteiger partial charge in [-0.05, 0) is 18.9 Å². The minimum absolute atomic E-state index is 0.0395. The average Bonchev–Trinajstić information content (AvgIpc) is 2.28. The fourth-order valence-electron chi connectivity index (χ4n) is 1.43. The van der Waals surface area contributed by atoms with Crippen molar-refractivity contribution in [2.75, 3.05) is 11.9 Å². The standard InChI is InChI=1S/C11H12F4N2O2/c12-9-7-8(17(18)19)3-4-10(9)16-6-2-1-5-11(13,14)15/h3-4,7,16H,1-2,5-6H2. The zero-order valence-electron chi connectivity index (χ0n) is 9.84. The SMILES string of the molecule is O=[N+]([O-])c1ccc(NCCCCC(F)(F)F)c(F)c1. The molecule has 1 rings (SSSR count). The van der Waals surface area contributed by atoms with Gasteiger partial charge in [-0.3, -0.25) is 10.1 Å².